The molecule has 0 bridgehead atoms. The summed E-state index contributed by atoms with van der Waals surface area (Å²) in [6.45, 7) is 13.1. The summed E-state index contributed by atoms with van der Waals surface area (Å²) in [5, 5.41) is 10.2. The van der Waals surface area contributed by atoms with Crippen LogP contribution in [0, 0.1) is 11.7 Å². The smallest absolute Gasteiger partial charge is 0.410 e. The number of rotatable bonds is 5. The highest BCUT2D eigenvalue weighted by molar-refractivity contribution is 5.69. The molecular formula is C29H43FN2O5. The number of piperidine rings is 1. The van der Waals surface area contributed by atoms with Crippen LogP contribution in [0.5, 0.6) is 5.75 Å². The molecule has 1 atom stereocenters. The monoisotopic (exact) mass is 518 g/mol. The molecule has 206 valence electrons. The summed E-state index contributed by atoms with van der Waals surface area (Å²) < 4.78 is 32.2. The van der Waals surface area contributed by atoms with E-state index < -0.39 is 11.2 Å². The van der Waals surface area contributed by atoms with Gasteiger partial charge in [-0.2, -0.15) is 0 Å². The summed E-state index contributed by atoms with van der Waals surface area (Å²) in [6.07, 6.45) is 4.29. The van der Waals surface area contributed by atoms with Crippen LogP contribution >= 0.6 is 0 Å². The zero-order chi connectivity index (χ0) is 26.6. The number of amides is 1. The summed E-state index contributed by atoms with van der Waals surface area (Å²) in [5.74, 6) is 1.07. The third kappa shape index (κ3) is 5.91. The van der Waals surface area contributed by atoms with E-state index >= 15 is 0 Å². The lowest BCUT2D eigenvalue weighted by Gasteiger charge is -2.47. The van der Waals surface area contributed by atoms with Crippen LogP contribution in [0.3, 0.4) is 0 Å². The zero-order valence-electron chi connectivity index (χ0n) is 23.0. The zero-order valence-corrected chi connectivity index (χ0v) is 23.0. The molecule has 1 aliphatic carbocycles. The second-order valence-corrected chi connectivity index (χ2v) is 13.2. The number of hydrogen-bond acceptors (Lipinski definition) is 6. The molecule has 1 aromatic carbocycles. The highest BCUT2D eigenvalue weighted by atomic mass is 19.1. The maximum absolute atomic E-state index is 14.2. The van der Waals surface area contributed by atoms with Crippen LogP contribution in [0.15, 0.2) is 18.2 Å². The van der Waals surface area contributed by atoms with Crippen molar-refractivity contribution in [3.05, 3.63) is 29.6 Å². The normalized spacial score (nSPS) is 28.6. The van der Waals surface area contributed by atoms with Crippen molar-refractivity contribution < 1.29 is 28.5 Å². The third-order valence-electron chi connectivity index (χ3n) is 8.64. The van der Waals surface area contributed by atoms with Crippen molar-refractivity contribution in [2.45, 2.75) is 102 Å². The second kappa shape index (κ2) is 9.69. The maximum atomic E-state index is 14.2. The van der Waals surface area contributed by atoms with Gasteiger partial charge >= 0.3 is 6.09 Å². The number of hydrogen-bond donors (Lipinski definition) is 1. The Labute approximate surface area is 220 Å². The van der Waals surface area contributed by atoms with Gasteiger partial charge in [0.15, 0.2) is 0 Å². The van der Waals surface area contributed by atoms with Gasteiger partial charge in [-0.15, -0.1) is 0 Å². The molecule has 0 aromatic heterocycles. The van der Waals surface area contributed by atoms with E-state index in [2.05, 4.69) is 4.90 Å². The molecule has 7 nitrogen and oxygen atoms in total. The number of likely N-dealkylation sites (tertiary alicyclic amines) is 2. The molecule has 5 rings (SSSR count). The quantitative estimate of drug-likeness (QED) is 0.609. The Morgan fingerprint density at radius 1 is 1.14 bits per heavy atom. The molecule has 1 saturated carbocycles. The number of nitrogens with zero attached hydrogens (tertiary/aromatic N) is 2. The first-order chi connectivity index (χ1) is 17.3. The highest BCUT2D eigenvalue weighted by Gasteiger charge is 2.53. The Kier molecular flexibility index (Phi) is 6.99. The van der Waals surface area contributed by atoms with E-state index in [1.807, 2.05) is 34.6 Å². The minimum atomic E-state index is -0.686. The lowest BCUT2D eigenvalue weighted by molar-refractivity contribution is -0.109. The predicted octanol–water partition coefficient (Wildman–Crippen LogP) is 4.71. The molecule has 0 radical (unpaired) electrons. The van der Waals surface area contributed by atoms with Crippen molar-refractivity contribution in [1.82, 2.24) is 9.80 Å². The van der Waals surface area contributed by atoms with E-state index in [0.29, 0.717) is 25.7 Å². The highest BCUT2D eigenvalue weighted by Crippen LogP contribution is 2.43. The molecule has 3 aliphatic heterocycles. The number of carbonyl (C=O) groups excluding carboxylic acids is 1. The van der Waals surface area contributed by atoms with E-state index in [4.69, 9.17) is 14.2 Å². The molecule has 0 unspecified atom stereocenters. The van der Waals surface area contributed by atoms with Gasteiger partial charge < -0.3 is 24.2 Å². The van der Waals surface area contributed by atoms with Gasteiger partial charge in [0.25, 0.3) is 0 Å². The second-order valence-electron chi connectivity index (χ2n) is 13.2. The first kappa shape index (κ1) is 26.7. The molecule has 1 spiro atoms. The molecule has 37 heavy (non-hydrogen) atoms. The van der Waals surface area contributed by atoms with E-state index in [-0.39, 0.29) is 35.5 Å². The minimum Gasteiger partial charge on any atom is -0.490 e. The molecular weight excluding hydrogens is 475 g/mol. The van der Waals surface area contributed by atoms with Gasteiger partial charge in [-0.1, -0.05) is 0 Å². The Morgan fingerprint density at radius 2 is 1.81 bits per heavy atom. The van der Waals surface area contributed by atoms with Gasteiger partial charge in [0.2, 0.25) is 0 Å². The SMILES string of the molecule is CC(C)(C)OC(=O)N1CC2(C[C@H](N3CCC(c4cc(F)ccc4OC4CC(C(C)(C)O)C4)CC3)CO2)C1. The molecule has 4 aliphatic rings. The summed E-state index contributed by atoms with van der Waals surface area (Å²) in [7, 11) is 0. The molecule has 4 fully saturated rings. The van der Waals surface area contributed by atoms with Gasteiger partial charge in [0.1, 0.15) is 22.8 Å². The van der Waals surface area contributed by atoms with Gasteiger partial charge in [-0.25, -0.2) is 9.18 Å². The number of halogens is 1. The van der Waals surface area contributed by atoms with E-state index in [0.717, 1.165) is 56.5 Å². The summed E-state index contributed by atoms with van der Waals surface area (Å²) in [4.78, 5) is 16.6. The Hall–Kier alpha value is -1.90. The van der Waals surface area contributed by atoms with E-state index in [1.165, 1.54) is 6.07 Å². The van der Waals surface area contributed by atoms with Crippen LogP contribution < -0.4 is 4.74 Å². The van der Waals surface area contributed by atoms with Crippen LogP contribution in [0.2, 0.25) is 0 Å². The van der Waals surface area contributed by atoms with E-state index in [9.17, 15) is 14.3 Å². The molecule has 1 amide bonds. The summed E-state index contributed by atoms with van der Waals surface area (Å²) >= 11 is 0. The fraction of sp³-hybridized carbons (Fsp3) is 0.759. The number of carbonyl (C=O) groups is 1. The maximum Gasteiger partial charge on any atom is 0.410 e. The fourth-order valence-electron chi connectivity index (χ4n) is 6.32. The van der Waals surface area contributed by atoms with Crippen molar-refractivity contribution in [2.24, 2.45) is 5.92 Å². The summed E-state index contributed by atoms with van der Waals surface area (Å²) in [5.41, 5.74) is -0.454. The largest absolute Gasteiger partial charge is 0.490 e. The number of ether oxygens (including phenoxy) is 3. The van der Waals surface area contributed by atoms with Crippen molar-refractivity contribution in [3.63, 3.8) is 0 Å². The van der Waals surface area contributed by atoms with Gasteiger partial charge in [-0.05, 0) is 110 Å². The minimum absolute atomic E-state index is 0.0790. The molecule has 3 saturated heterocycles. The van der Waals surface area contributed by atoms with Crippen LogP contribution in [0.4, 0.5) is 9.18 Å². The first-order valence-electron chi connectivity index (χ1n) is 13.8. The van der Waals surface area contributed by atoms with Crippen molar-refractivity contribution in [1.29, 1.82) is 0 Å². The molecule has 3 heterocycles. The van der Waals surface area contributed by atoms with Crippen molar-refractivity contribution >= 4 is 6.09 Å². The predicted molar refractivity (Wildman–Crippen MR) is 138 cm³/mol. The first-order valence-corrected chi connectivity index (χ1v) is 13.8. The van der Waals surface area contributed by atoms with Gasteiger partial charge in [0.05, 0.1) is 31.4 Å². The molecule has 8 heteroatoms. The Morgan fingerprint density at radius 3 is 2.43 bits per heavy atom. The van der Waals surface area contributed by atoms with Crippen molar-refractivity contribution in [2.75, 3.05) is 32.8 Å². The standard InChI is InChI=1S/C29H43FN2O5/c1-27(2,3)37-26(33)32-17-29(18-32)15-22(16-35-29)31-10-8-19(9-11-31)24-14-21(30)6-7-25(24)36-23-12-20(13-23)28(4,5)34/h6-7,14,19-20,22-23,34H,8-13,15-18H2,1-5H3/t20?,22-,23?/m0/s1. The van der Waals surface area contributed by atoms with Gasteiger partial charge in [0, 0.05) is 11.6 Å². The number of benzene rings is 1. The van der Waals surface area contributed by atoms with Crippen LogP contribution in [0.1, 0.15) is 78.2 Å². The Bertz CT molecular complexity index is 983. The summed E-state index contributed by atoms with van der Waals surface area (Å²) in [6, 6.07) is 5.25. The molecule has 1 aromatic rings. The molecule has 1 N–H and O–H groups in total. The van der Waals surface area contributed by atoms with E-state index in [1.54, 1.807) is 17.0 Å². The topological polar surface area (TPSA) is 71.5 Å². The average Bonchev–Trinajstić information content (AvgIpc) is 3.20. The Balaban J connectivity index is 1.12. The van der Waals surface area contributed by atoms with Crippen LogP contribution in [-0.2, 0) is 9.47 Å². The van der Waals surface area contributed by atoms with Crippen LogP contribution in [-0.4, -0.2) is 82.7 Å². The van der Waals surface area contributed by atoms with Gasteiger partial charge in [-0.3, -0.25) is 4.90 Å². The fourth-order valence-corrected chi connectivity index (χ4v) is 6.32. The number of aliphatic hydroxyl groups is 1. The van der Waals surface area contributed by atoms with Crippen LogP contribution in [0.25, 0.3) is 0 Å². The lowest BCUT2D eigenvalue weighted by atomic mass is 9.72. The van der Waals surface area contributed by atoms with Crippen molar-refractivity contribution in [3.8, 4) is 5.75 Å². The third-order valence-corrected chi connectivity index (χ3v) is 8.64. The lowest BCUT2D eigenvalue weighted by Crippen LogP contribution is -2.64. The average molecular weight is 519 g/mol.